The second-order valence-electron chi connectivity index (χ2n) is 5.23. The van der Waals surface area contributed by atoms with Crippen LogP contribution in [0.5, 0.6) is 11.5 Å². The van der Waals surface area contributed by atoms with E-state index < -0.39 is 6.10 Å². The molecular formula is C16H26O4. The van der Waals surface area contributed by atoms with Crippen LogP contribution in [0.2, 0.25) is 0 Å². The van der Waals surface area contributed by atoms with Gasteiger partial charge in [0.2, 0.25) is 0 Å². The van der Waals surface area contributed by atoms with Crippen LogP contribution in [-0.2, 0) is 4.74 Å². The standard InChI is InChI=1S/C16H26O4/c1-12(2)7-8-19-9-10-20-15-6-5-14(13(3)17)11-16(15)18-4/h5-6,11-13,17H,7-10H2,1-4H3/t13-/m1/s1. The molecule has 1 aromatic carbocycles. The lowest BCUT2D eigenvalue weighted by atomic mass is 10.1. The Kier molecular flexibility index (Phi) is 7.41. The first-order chi connectivity index (χ1) is 9.54. The maximum absolute atomic E-state index is 9.54. The second kappa shape index (κ2) is 8.82. The van der Waals surface area contributed by atoms with E-state index in [1.165, 1.54) is 0 Å². The summed E-state index contributed by atoms with van der Waals surface area (Å²) in [6, 6.07) is 5.44. The van der Waals surface area contributed by atoms with E-state index in [1.54, 1.807) is 20.1 Å². The van der Waals surface area contributed by atoms with E-state index in [9.17, 15) is 5.11 Å². The van der Waals surface area contributed by atoms with Crippen molar-refractivity contribution in [1.82, 2.24) is 0 Å². The monoisotopic (exact) mass is 282 g/mol. The zero-order chi connectivity index (χ0) is 15.0. The van der Waals surface area contributed by atoms with E-state index >= 15 is 0 Å². The van der Waals surface area contributed by atoms with Crippen molar-refractivity contribution in [3.63, 3.8) is 0 Å². The van der Waals surface area contributed by atoms with Crippen molar-refractivity contribution in [2.45, 2.75) is 33.3 Å². The topological polar surface area (TPSA) is 47.9 Å². The summed E-state index contributed by atoms with van der Waals surface area (Å²) in [6.07, 6.45) is 0.546. The Morgan fingerprint density at radius 1 is 1.05 bits per heavy atom. The van der Waals surface area contributed by atoms with Gasteiger partial charge < -0.3 is 19.3 Å². The molecule has 0 aliphatic rings. The van der Waals surface area contributed by atoms with Gasteiger partial charge in [-0.15, -0.1) is 0 Å². The molecule has 1 aromatic rings. The normalized spacial score (nSPS) is 12.5. The third-order valence-electron chi connectivity index (χ3n) is 2.99. The van der Waals surface area contributed by atoms with Crippen molar-refractivity contribution in [1.29, 1.82) is 0 Å². The molecule has 1 atom stereocenters. The second-order valence-corrected chi connectivity index (χ2v) is 5.23. The molecule has 114 valence electrons. The van der Waals surface area contributed by atoms with Crippen LogP contribution in [-0.4, -0.2) is 32.0 Å². The third kappa shape index (κ3) is 5.80. The minimum absolute atomic E-state index is 0.489. The minimum atomic E-state index is -0.516. The Morgan fingerprint density at radius 2 is 1.80 bits per heavy atom. The SMILES string of the molecule is COc1cc([C@@H](C)O)ccc1OCCOCCC(C)C. The summed E-state index contributed by atoms with van der Waals surface area (Å²) in [7, 11) is 1.59. The Bertz CT molecular complexity index is 388. The van der Waals surface area contributed by atoms with Crippen molar-refractivity contribution in [2.24, 2.45) is 5.92 Å². The van der Waals surface area contributed by atoms with Gasteiger partial charge in [0, 0.05) is 6.61 Å². The summed E-state index contributed by atoms with van der Waals surface area (Å²) in [5, 5.41) is 9.54. The molecule has 0 amide bonds. The first kappa shape index (κ1) is 16.8. The van der Waals surface area contributed by atoms with Gasteiger partial charge in [0.1, 0.15) is 6.61 Å². The van der Waals surface area contributed by atoms with Crippen LogP contribution in [0.3, 0.4) is 0 Å². The van der Waals surface area contributed by atoms with Gasteiger partial charge in [-0.3, -0.25) is 0 Å². The molecule has 0 unspecified atom stereocenters. The molecule has 0 heterocycles. The van der Waals surface area contributed by atoms with Gasteiger partial charge in [0.25, 0.3) is 0 Å². The zero-order valence-electron chi connectivity index (χ0n) is 12.9. The molecule has 4 heteroatoms. The molecule has 1 rings (SSSR count). The van der Waals surface area contributed by atoms with Crippen LogP contribution in [0.4, 0.5) is 0 Å². The van der Waals surface area contributed by atoms with Gasteiger partial charge in [-0.1, -0.05) is 19.9 Å². The molecule has 1 N–H and O–H groups in total. The highest BCUT2D eigenvalue weighted by atomic mass is 16.5. The summed E-state index contributed by atoms with van der Waals surface area (Å²) in [4.78, 5) is 0. The smallest absolute Gasteiger partial charge is 0.161 e. The van der Waals surface area contributed by atoms with E-state index in [0.29, 0.717) is 30.6 Å². The molecule has 4 nitrogen and oxygen atoms in total. The summed E-state index contributed by atoms with van der Waals surface area (Å²) in [6.45, 7) is 7.89. The van der Waals surface area contributed by atoms with Crippen LogP contribution >= 0.6 is 0 Å². The highest BCUT2D eigenvalue weighted by molar-refractivity contribution is 5.43. The predicted octanol–water partition coefficient (Wildman–Crippen LogP) is 3.19. The summed E-state index contributed by atoms with van der Waals surface area (Å²) < 4.78 is 16.4. The van der Waals surface area contributed by atoms with Crippen LogP contribution in [0, 0.1) is 5.92 Å². The number of benzene rings is 1. The number of hydrogen-bond acceptors (Lipinski definition) is 4. The molecule has 0 saturated heterocycles. The lowest BCUT2D eigenvalue weighted by Crippen LogP contribution is -2.09. The molecule has 0 aromatic heterocycles. The minimum Gasteiger partial charge on any atom is -0.493 e. The summed E-state index contributed by atoms with van der Waals surface area (Å²) in [5.41, 5.74) is 0.808. The number of aliphatic hydroxyl groups is 1. The fourth-order valence-corrected chi connectivity index (χ4v) is 1.69. The Labute approximate surface area is 121 Å². The summed E-state index contributed by atoms with van der Waals surface area (Å²) in [5.74, 6) is 1.96. The van der Waals surface area contributed by atoms with Gasteiger partial charge in [-0.2, -0.15) is 0 Å². The maximum Gasteiger partial charge on any atom is 0.161 e. The van der Waals surface area contributed by atoms with Crippen molar-refractivity contribution < 1.29 is 19.3 Å². The first-order valence-electron chi connectivity index (χ1n) is 7.11. The van der Waals surface area contributed by atoms with Crippen LogP contribution in [0.1, 0.15) is 38.9 Å². The van der Waals surface area contributed by atoms with Crippen molar-refractivity contribution >= 4 is 0 Å². The zero-order valence-corrected chi connectivity index (χ0v) is 12.9. The maximum atomic E-state index is 9.54. The fourth-order valence-electron chi connectivity index (χ4n) is 1.69. The molecule has 0 spiro atoms. The lowest BCUT2D eigenvalue weighted by Gasteiger charge is -2.13. The van der Waals surface area contributed by atoms with Crippen molar-refractivity contribution in [2.75, 3.05) is 26.9 Å². The molecule has 0 saturated carbocycles. The van der Waals surface area contributed by atoms with Gasteiger partial charge in [-0.05, 0) is 37.0 Å². The lowest BCUT2D eigenvalue weighted by molar-refractivity contribution is 0.0916. The molecule has 0 aliphatic heterocycles. The molecule has 0 fully saturated rings. The van der Waals surface area contributed by atoms with E-state index in [4.69, 9.17) is 14.2 Å². The largest absolute Gasteiger partial charge is 0.493 e. The fraction of sp³-hybridized carbons (Fsp3) is 0.625. The van der Waals surface area contributed by atoms with E-state index in [-0.39, 0.29) is 0 Å². The first-order valence-corrected chi connectivity index (χ1v) is 7.11. The Hall–Kier alpha value is -1.26. The van der Waals surface area contributed by atoms with Gasteiger partial charge in [0.15, 0.2) is 11.5 Å². The van der Waals surface area contributed by atoms with Gasteiger partial charge in [0.05, 0.1) is 19.8 Å². The number of ether oxygens (including phenoxy) is 3. The molecule has 20 heavy (non-hydrogen) atoms. The van der Waals surface area contributed by atoms with Crippen LogP contribution in [0.15, 0.2) is 18.2 Å². The molecule has 0 radical (unpaired) electrons. The van der Waals surface area contributed by atoms with E-state index in [2.05, 4.69) is 13.8 Å². The predicted molar refractivity (Wildman–Crippen MR) is 79.4 cm³/mol. The van der Waals surface area contributed by atoms with Crippen LogP contribution < -0.4 is 9.47 Å². The van der Waals surface area contributed by atoms with Crippen molar-refractivity contribution in [3.05, 3.63) is 23.8 Å². The van der Waals surface area contributed by atoms with Gasteiger partial charge in [-0.25, -0.2) is 0 Å². The molecular weight excluding hydrogens is 256 g/mol. The van der Waals surface area contributed by atoms with E-state index in [1.807, 2.05) is 12.1 Å². The number of rotatable bonds is 9. The number of aliphatic hydroxyl groups excluding tert-OH is 1. The Balaban J connectivity index is 2.40. The molecule has 0 bridgehead atoms. The number of hydrogen-bond donors (Lipinski definition) is 1. The average molecular weight is 282 g/mol. The highest BCUT2D eigenvalue weighted by Crippen LogP contribution is 2.30. The van der Waals surface area contributed by atoms with Crippen LogP contribution in [0.25, 0.3) is 0 Å². The summed E-state index contributed by atoms with van der Waals surface area (Å²) >= 11 is 0. The third-order valence-corrected chi connectivity index (χ3v) is 2.99. The molecule has 0 aliphatic carbocycles. The van der Waals surface area contributed by atoms with Gasteiger partial charge >= 0.3 is 0 Å². The average Bonchev–Trinajstić information content (AvgIpc) is 2.42. The quantitative estimate of drug-likeness (QED) is 0.707. The Morgan fingerprint density at radius 3 is 2.40 bits per heavy atom. The number of methoxy groups -OCH3 is 1. The van der Waals surface area contributed by atoms with Crippen molar-refractivity contribution in [3.8, 4) is 11.5 Å². The van der Waals surface area contributed by atoms with E-state index in [0.717, 1.165) is 18.6 Å². The highest BCUT2D eigenvalue weighted by Gasteiger charge is 2.08.